The van der Waals surface area contributed by atoms with Crippen LogP contribution in [0.2, 0.25) is 0 Å². The van der Waals surface area contributed by atoms with E-state index in [1.54, 1.807) is 0 Å². The lowest BCUT2D eigenvalue weighted by atomic mass is 10.0. The molecule has 0 fully saturated rings. The van der Waals surface area contributed by atoms with Crippen molar-refractivity contribution >= 4 is 0 Å². The van der Waals surface area contributed by atoms with E-state index in [0.717, 1.165) is 12.1 Å². The zero-order valence-corrected chi connectivity index (χ0v) is 8.58. The summed E-state index contributed by atoms with van der Waals surface area (Å²) in [5.41, 5.74) is -0.139. The van der Waals surface area contributed by atoms with E-state index in [1.807, 2.05) is 6.07 Å². The van der Waals surface area contributed by atoms with Crippen LogP contribution in [-0.4, -0.2) is 7.11 Å². The third-order valence-electron chi connectivity index (χ3n) is 2.17. The van der Waals surface area contributed by atoms with Gasteiger partial charge in [-0.1, -0.05) is 12.1 Å². The molecule has 0 saturated heterocycles. The van der Waals surface area contributed by atoms with E-state index in [-0.39, 0.29) is 6.42 Å². The van der Waals surface area contributed by atoms with Gasteiger partial charge in [-0.3, -0.25) is 0 Å². The van der Waals surface area contributed by atoms with E-state index in [0.29, 0.717) is 5.56 Å². The van der Waals surface area contributed by atoms with E-state index < -0.39 is 17.8 Å². The molecule has 0 N–H and O–H groups in total. The molecule has 0 aromatic heterocycles. The van der Waals surface area contributed by atoms with Crippen molar-refractivity contribution < 1.29 is 17.9 Å². The van der Waals surface area contributed by atoms with Crippen LogP contribution in [0.15, 0.2) is 24.3 Å². The number of hydrogen-bond acceptors (Lipinski definition) is 2. The molecule has 5 heteroatoms. The second-order valence-corrected chi connectivity index (χ2v) is 3.21. The first-order chi connectivity index (χ1) is 7.49. The summed E-state index contributed by atoms with van der Waals surface area (Å²) in [6.07, 6.45) is -4.70. The summed E-state index contributed by atoms with van der Waals surface area (Å²) in [5, 5.41) is 8.50. The van der Waals surface area contributed by atoms with Crippen molar-refractivity contribution in [3.05, 3.63) is 35.4 Å². The second-order valence-electron chi connectivity index (χ2n) is 3.21. The summed E-state index contributed by atoms with van der Waals surface area (Å²) in [6, 6.07) is 6.54. The van der Waals surface area contributed by atoms with Crippen LogP contribution >= 0.6 is 0 Å². The van der Waals surface area contributed by atoms with Crippen LogP contribution in [0.4, 0.5) is 13.2 Å². The Bertz CT molecular complexity index is 378. The highest BCUT2D eigenvalue weighted by Gasteiger charge is 2.30. The van der Waals surface area contributed by atoms with E-state index in [2.05, 4.69) is 0 Å². The summed E-state index contributed by atoms with van der Waals surface area (Å²) in [4.78, 5) is 0. The lowest BCUT2D eigenvalue weighted by molar-refractivity contribution is -0.137. The van der Waals surface area contributed by atoms with Gasteiger partial charge in [0.15, 0.2) is 0 Å². The molecular formula is C11H10F3NO. The molecule has 0 saturated carbocycles. The van der Waals surface area contributed by atoms with E-state index in [1.165, 1.54) is 19.2 Å². The summed E-state index contributed by atoms with van der Waals surface area (Å²) in [6.45, 7) is 0. The van der Waals surface area contributed by atoms with Crippen molar-refractivity contribution in [1.29, 1.82) is 5.26 Å². The van der Waals surface area contributed by atoms with E-state index in [4.69, 9.17) is 10.00 Å². The quantitative estimate of drug-likeness (QED) is 0.796. The summed E-state index contributed by atoms with van der Waals surface area (Å²) in [7, 11) is 1.42. The molecule has 16 heavy (non-hydrogen) atoms. The van der Waals surface area contributed by atoms with Gasteiger partial charge >= 0.3 is 6.18 Å². The third kappa shape index (κ3) is 2.97. The Morgan fingerprint density at radius 3 is 2.25 bits per heavy atom. The number of benzene rings is 1. The Labute approximate surface area is 91.3 Å². The molecule has 0 aliphatic heterocycles. The molecule has 0 amide bonds. The molecule has 2 nitrogen and oxygen atoms in total. The maximum Gasteiger partial charge on any atom is 0.416 e. The second kappa shape index (κ2) is 4.99. The predicted octanol–water partition coefficient (Wildman–Crippen LogP) is 3.31. The summed E-state index contributed by atoms with van der Waals surface area (Å²) in [5.74, 6) is 0. The van der Waals surface area contributed by atoms with Gasteiger partial charge in [-0.2, -0.15) is 18.4 Å². The monoisotopic (exact) mass is 229 g/mol. The van der Waals surface area contributed by atoms with Gasteiger partial charge in [-0.15, -0.1) is 0 Å². The molecule has 0 spiro atoms. The lowest BCUT2D eigenvalue weighted by Gasteiger charge is -2.13. The molecular weight excluding hydrogens is 219 g/mol. The first-order valence-corrected chi connectivity index (χ1v) is 4.56. The Morgan fingerprint density at radius 2 is 1.88 bits per heavy atom. The van der Waals surface area contributed by atoms with Crippen molar-refractivity contribution in [1.82, 2.24) is 0 Å². The minimum absolute atomic E-state index is 0.113. The van der Waals surface area contributed by atoms with Crippen molar-refractivity contribution in [2.45, 2.75) is 18.7 Å². The topological polar surface area (TPSA) is 33.0 Å². The summed E-state index contributed by atoms with van der Waals surface area (Å²) >= 11 is 0. The van der Waals surface area contributed by atoms with Gasteiger partial charge in [0.1, 0.15) is 0 Å². The number of ether oxygens (including phenoxy) is 1. The van der Waals surface area contributed by atoms with Crippen LogP contribution in [0.5, 0.6) is 0 Å². The zero-order chi connectivity index (χ0) is 12.2. The van der Waals surface area contributed by atoms with Crippen LogP contribution in [0.3, 0.4) is 0 Å². The van der Waals surface area contributed by atoms with Crippen LogP contribution in [-0.2, 0) is 10.9 Å². The number of nitriles is 1. The maximum absolute atomic E-state index is 12.3. The van der Waals surface area contributed by atoms with Crippen LogP contribution in [0.1, 0.15) is 23.7 Å². The standard InChI is InChI=1S/C11H10F3NO/c1-16-10(6-7-15)8-2-4-9(5-3-8)11(12,13)14/h2-5,10H,6H2,1H3. The highest BCUT2D eigenvalue weighted by Crippen LogP contribution is 2.30. The fourth-order valence-corrected chi connectivity index (χ4v) is 1.31. The SMILES string of the molecule is COC(CC#N)c1ccc(C(F)(F)F)cc1. The molecule has 1 unspecified atom stereocenters. The third-order valence-corrected chi connectivity index (χ3v) is 2.17. The Morgan fingerprint density at radius 1 is 1.31 bits per heavy atom. The van der Waals surface area contributed by atoms with Gasteiger partial charge in [0.05, 0.1) is 24.2 Å². The molecule has 86 valence electrons. The molecule has 1 aromatic rings. The highest BCUT2D eigenvalue weighted by atomic mass is 19.4. The molecule has 0 radical (unpaired) electrons. The Kier molecular flexibility index (Phi) is 3.91. The summed E-state index contributed by atoms with van der Waals surface area (Å²) < 4.78 is 41.8. The molecule has 0 bridgehead atoms. The van der Waals surface area contributed by atoms with Gasteiger partial charge in [-0.05, 0) is 17.7 Å². The predicted molar refractivity (Wildman–Crippen MR) is 51.4 cm³/mol. The van der Waals surface area contributed by atoms with Crippen molar-refractivity contribution in [3.63, 3.8) is 0 Å². The number of hydrogen-bond donors (Lipinski definition) is 0. The van der Waals surface area contributed by atoms with Gasteiger partial charge < -0.3 is 4.74 Å². The average molecular weight is 229 g/mol. The number of rotatable bonds is 3. The Hall–Kier alpha value is -1.54. The van der Waals surface area contributed by atoms with Crippen molar-refractivity contribution in [3.8, 4) is 6.07 Å². The van der Waals surface area contributed by atoms with E-state index in [9.17, 15) is 13.2 Å². The maximum atomic E-state index is 12.3. The number of nitrogens with zero attached hydrogens (tertiary/aromatic N) is 1. The minimum Gasteiger partial charge on any atom is -0.376 e. The molecule has 1 atom stereocenters. The van der Waals surface area contributed by atoms with Gasteiger partial charge in [0.25, 0.3) is 0 Å². The normalized spacial score (nSPS) is 13.2. The molecule has 0 aliphatic carbocycles. The largest absolute Gasteiger partial charge is 0.416 e. The zero-order valence-electron chi connectivity index (χ0n) is 8.58. The first-order valence-electron chi connectivity index (χ1n) is 4.56. The van der Waals surface area contributed by atoms with Crippen LogP contribution < -0.4 is 0 Å². The van der Waals surface area contributed by atoms with Crippen LogP contribution in [0.25, 0.3) is 0 Å². The molecule has 1 aromatic carbocycles. The number of methoxy groups -OCH3 is 1. The van der Waals surface area contributed by atoms with Gasteiger partial charge in [0.2, 0.25) is 0 Å². The van der Waals surface area contributed by atoms with Gasteiger partial charge in [0, 0.05) is 7.11 Å². The molecule has 0 heterocycles. The van der Waals surface area contributed by atoms with Crippen LogP contribution in [0, 0.1) is 11.3 Å². The number of alkyl halides is 3. The van der Waals surface area contributed by atoms with Crippen molar-refractivity contribution in [2.24, 2.45) is 0 Å². The van der Waals surface area contributed by atoms with E-state index >= 15 is 0 Å². The minimum atomic E-state index is -4.34. The highest BCUT2D eigenvalue weighted by molar-refractivity contribution is 5.26. The Balaban J connectivity index is 2.90. The lowest BCUT2D eigenvalue weighted by Crippen LogP contribution is -2.06. The first kappa shape index (κ1) is 12.5. The molecule has 0 aliphatic rings. The van der Waals surface area contributed by atoms with Crippen molar-refractivity contribution in [2.75, 3.05) is 7.11 Å². The smallest absolute Gasteiger partial charge is 0.376 e. The fraction of sp³-hybridized carbons (Fsp3) is 0.364. The molecule has 1 rings (SSSR count). The number of halogens is 3. The van der Waals surface area contributed by atoms with Gasteiger partial charge in [-0.25, -0.2) is 0 Å². The fourth-order valence-electron chi connectivity index (χ4n) is 1.31. The average Bonchev–Trinajstić information content (AvgIpc) is 2.25.